The van der Waals surface area contributed by atoms with Gasteiger partial charge in [-0.1, -0.05) is 60.5 Å². The number of fused-ring (bicyclic) bond motifs is 3. The summed E-state index contributed by atoms with van der Waals surface area (Å²) in [5.74, 6) is -0.182. The van der Waals surface area contributed by atoms with E-state index in [1.165, 1.54) is 7.11 Å². The van der Waals surface area contributed by atoms with Crippen LogP contribution in [0.2, 0.25) is 0 Å². The molecule has 7 nitrogen and oxygen atoms in total. The van der Waals surface area contributed by atoms with E-state index in [0.29, 0.717) is 0 Å². The van der Waals surface area contributed by atoms with Crippen LogP contribution in [-0.4, -0.2) is 42.0 Å². The van der Waals surface area contributed by atoms with E-state index in [4.69, 9.17) is 9.47 Å². The van der Waals surface area contributed by atoms with Crippen molar-refractivity contribution in [3.05, 3.63) is 11.6 Å². The fourth-order valence-electron chi connectivity index (χ4n) is 9.34. The van der Waals surface area contributed by atoms with Crippen molar-refractivity contribution in [1.29, 1.82) is 5.26 Å². The van der Waals surface area contributed by atoms with Crippen molar-refractivity contribution >= 4 is 17.7 Å². The summed E-state index contributed by atoms with van der Waals surface area (Å²) in [6.45, 7) is 19.1. The summed E-state index contributed by atoms with van der Waals surface area (Å²) in [6.07, 6.45) is 9.15. The first-order valence-electron chi connectivity index (χ1n) is 15.5. The van der Waals surface area contributed by atoms with Gasteiger partial charge in [0.15, 0.2) is 11.6 Å². The quantitative estimate of drug-likeness (QED) is 0.288. The van der Waals surface area contributed by atoms with E-state index in [9.17, 15) is 19.6 Å². The number of carbonyl (C=O) groups is 3. The molecule has 4 fully saturated rings. The Hall–Kier alpha value is -2.20. The van der Waals surface area contributed by atoms with Gasteiger partial charge in [0, 0.05) is 16.4 Å². The monoisotopic (exact) mass is 568 g/mol. The predicted octanol–water partition coefficient (Wildman–Crippen LogP) is 7.09. The second-order valence-electron chi connectivity index (χ2n) is 16.0. The fraction of sp³-hybridized carbons (Fsp3) is 0.824. The summed E-state index contributed by atoms with van der Waals surface area (Å²) < 4.78 is 11.2. The molecule has 0 radical (unpaired) electrons. The summed E-state index contributed by atoms with van der Waals surface area (Å²) in [4.78, 5) is 39.0. The maximum absolute atomic E-state index is 13.6. The highest BCUT2D eigenvalue weighted by Gasteiger charge is 2.81. The van der Waals surface area contributed by atoms with E-state index in [-0.39, 0.29) is 33.7 Å². The molecule has 7 heteroatoms. The molecule has 1 heterocycles. The summed E-state index contributed by atoms with van der Waals surface area (Å²) in [7, 11) is 1.41. The molecule has 0 bridgehead atoms. The van der Waals surface area contributed by atoms with Crippen molar-refractivity contribution in [3.63, 3.8) is 0 Å². The Labute approximate surface area is 247 Å². The number of carbonyl (C=O) groups excluding carboxylic acids is 3. The molecule has 3 saturated carbocycles. The van der Waals surface area contributed by atoms with Gasteiger partial charge in [0.05, 0.1) is 7.11 Å². The molecule has 1 saturated heterocycles. The summed E-state index contributed by atoms with van der Waals surface area (Å²) in [6, 6.07) is 2.25. The van der Waals surface area contributed by atoms with Crippen LogP contribution < -0.4 is 5.32 Å². The smallest absolute Gasteiger partial charge is 0.407 e. The Bertz CT molecular complexity index is 1200. The predicted molar refractivity (Wildman–Crippen MR) is 158 cm³/mol. The largest absolute Gasteiger partial charge is 0.453 e. The maximum atomic E-state index is 13.6. The number of ketones is 2. The molecule has 0 aromatic heterocycles. The molecule has 1 amide bonds. The number of allylic oxidation sites excluding steroid dienone is 1. The van der Waals surface area contributed by atoms with E-state index in [1.807, 2.05) is 19.9 Å². The highest BCUT2D eigenvalue weighted by molar-refractivity contribution is 6.00. The first-order valence-corrected chi connectivity index (χ1v) is 15.5. The number of epoxide rings is 1. The number of methoxy groups -OCH3 is 1. The van der Waals surface area contributed by atoms with E-state index in [0.717, 1.165) is 63.4 Å². The lowest BCUT2D eigenvalue weighted by atomic mass is 9.39. The standard InChI is InChI=1S/C34H52N2O5/c1-22(37)20-24-32(8,15-12-23-29(4,5)25(38)34(21-35)26(41-34)33(23,24)9)30(6)14-11-13-28(2,3)16-18-31(7,19-17-30)36-27(39)40-10/h20,23,26H,11-19H2,1-10H3,(H,36,39)/b24-20+/t23-,26+,30-,31-,32+,33-,34-/m0/s1. The van der Waals surface area contributed by atoms with Gasteiger partial charge in [0.1, 0.15) is 12.2 Å². The van der Waals surface area contributed by atoms with Crippen molar-refractivity contribution in [2.45, 2.75) is 137 Å². The summed E-state index contributed by atoms with van der Waals surface area (Å²) in [5, 5.41) is 13.4. The zero-order valence-corrected chi connectivity index (χ0v) is 27.1. The van der Waals surface area contributed by atoms with Crippen LogP contribution in [0, 0.1) is 44.3 Å². The van der Waals surface area contributed by atoms with E-state index in [2.05, 4.69) is 52.9 Å². The first kappa shape index (κ1) is 31.7. The zero-order chi connectivity index (χ0) is 30.9. The lowest BCUT2D eigenvalue weighted by Gasteiger charge is -2.62. The molecule has 4 rings (SSSR count). The van der Waals surface area contributed by atoms with Crippen molar-refractivity contribution in [3.8, 4) is 6.07 Å². The minimum atomic E-state index is -1.44. The van der Waals surface area contributed by atoms with Gasteiger partial charge in [0.2, 0.25) is 5.60 Å². The van der Waals surface area contributed by atoms with Crippen LogP contribution in [0.4, 0.5) is 4.79 Å². The van der Waals surface area contributed by atoms with Crippen LogP contribution in [0.15, 0.2) is 11.6 Å². The summed E-state index contributed by atoms with van der Waals surface area (Å²) >= 11 is 0. The molecule has 0 unspecified atom stereocenters. The Morgan fingerprint density at radius 1 is 0.976 bits per heavy atom. The highest BCUT2D eigenvalue weighted by Crippen LogP contribution is 2.74. The van der Waals surface area contributed by atoms with Crippen molar-refractivity contribution in [2.75, 3.05) is 7.11 Å². The van der Waals surface area contributed by atoms with Crippen molar-refractivity contribution in [2.24, 2.45) is 33.0 Å². The molecule has 3 aliphatic carbocycles. The number of nitriles is 1. The second kappa shape index (κ2) is 9.93. The topological polar surface area (TPSA) is 109 Å². The Morgan fingerprint density at radius 2 is 1.61 bits per heavy atom. The van der Waals surface area contributed by atoms with Crippen LogP contribution >= 0.6 is 0 Å². The number of alkyl carbamates (subject to hydrolysis) is 1. The first-order chi connectivity index (χ1) is 18.8. The Balaban J connectivity index is 1.83. The van der Waals surface area contributed by atoms with Gasteiger partial charge < -0.3 is 14.8 Å². The number of nitrogens with zero attached hydrogens (tertiary/aromatic N) is 1. The number of ether oxygens (including phenoxy) is 2. The SMILES string of the molecule is COC(=O)N[C@@]1(C)CCC(C)(C)CCC[C@](C)([C@]2(C)CC[C@H]3C(C)(C)C(=O)[C@]4(C#N)O[C@@H]4[C@]3(C)/C2=C/C(C)=O)CC1. The molecule has 0 aromatic rings. The number of rotatable bonds is 3. The fourth-order valence-corrected chi connectivity index (χ4v) is 9.34. The Morgan fingerprint density at radius 3 is 2.20 bits per heavy atom. The van der Waals surface area contributed by atoms with Crippen molar-refractivity contribution < 1.29 is 23.9 Å². The van der Waals surface area contributed by atoms with Crippen LogP contribution in [0.1, 0.15) is 120 Å². The third-order valence-corrected chi connectivity index (χ3v) is 12.4. The molecule has 41 heavy (non-hydrogen) atoms. The molecular formula is C34H52N2O5. The highest BCUT2D eigenvalue weighted by atomic mass is 16.6. The molecule has 0 spiro atoms. The molecule has 1 N–H and O–H groups in total. The number of amides is 1. The van der Waals surface area contributed by atoms with Gasteiger partial charge in [-0.05, 0) is 93.5 Å². The number of Topliss-reactive ketones (excluding diaryl/α,β-unsaturated/α-hetero) is 1. The number of nitrogens with one attached hydrogen (secondary N) is 1. The van der Waals surface area contributed by atoms with Gasteiger partial charge in [-0.15, -0.1) is 0 Å². The molecule has 4 aliphatic rings. The van der Waals surface area contributed by atoms with Crippen LogP contribution in [-0.2, 0) is 19.1 Å². The maximum Gasteiger partial charge on any atom is 0.407 e. The van der Waals surface area contributed by atoms with Crippen LogP contribution in [0.3, 0.4) is 0 Å². The van der Waals surface area contributed by atoms with Gasteiger partial charge in [-0.3, -0.25) is 9.59 Å². The van der Waals surface area contributed by atoms with E-state index < -0.39 is 34.2 Å². The average Bonchev–Trinajstić information content (AvgIpc) is 3.64. The van der Waals surface area contributed by atoms with Gasteiger partial charge in [0.25, 0.3) is 0 Å². The molecule has 228 valence electrons. The molecule has 1 aliphatic heterocycles. The minimum Gasteiger partial charge on any atom is -0.453 e. The third kappa shape index (κ3) is 4.86. The molecule has 7 atom stereocenters. The Kier molecular flexibility index (Phi) is 7.68. The van der Waals surface area contributed by atoms with E-state index in [1.54, 1.807) is 6.92 Å². The second-order valence-corrected chi connectivity index (χ2v) is 16.0. The van der Waals surface area contributed by atoms with E-state index >= 15 is 0 Å². The van der Waals surface area contributed by atoms with Crippen LogP contribution in [0.25, 0.3) is 0 Å². The number of hydrogen-bond donors (Lipinski definition) is 1. The van der Waals surface area contributed by atoms with Gasteiger partial charge in [-0.25, -0.2) is 4.79 Å². The third-order valence-electron chi connectivity index (χ3n) is 12.4. The molecule has 0 aromatic carbocycles. The lowest BCUT2D eigenvalue weighted by Crippen LogP contribution is -2.62. The van der Waals surface area contributed by atoms with Crippen LogP contribution in [0.5, 0.6) is 0 Å². The normalized spacial score (nSPS) is 44.5. The zero-order valence-electron chi connectivity index (χ0n) is 27.1. The van der Waals surface area contributed by atoms with Gasteiger partial charge in [-0.2, -0.15) is 5.26 Å². The lowest BCUT2D eigenvalue weighted by molar-refractivity contribution is -0.142. The van der Waals surface area contributed by atoms with Gasteiger partial charge >= 0.3 is 6.09 Å². The average molecular weight is 569 g/mol. The molecular weight excluding hydrogens is 516 g/mol. The summed E-state index contributed by atoms with van der Waals surface area (Å²) in [5.41, 5.74) is -2.66. The minimum absolute atomic E-state index is 0.0205. The van der Waals surface area contributed by atoms with Crippen molar-refractivity contribution in [1.82, 2.24) is 5.32 Å². The number of hydrogen-bond acceptors (Lipinski definition) is 6.